The highest BCUT2D eigenvalue weighted by Crippen LogP contribution is 2.36. The Kier molecular flexibility index (Phi) is 3.85. The normalized spacial score (nSPS) is 18.3. The van der Waals surface area contributed by atoms with Crippen LogP contribution in [0.4, 0.5) is 0 Å². The van der Waals surface area contributed by atoms with Gasteiger partial charge in [0.05, 0.1) is 19.6 Å². The van der Waals surface area contributed by atoms with Gasteiger partial charge in [-0.3, -0.25) is 9.69 Å². The fourth-order valence-electron chi connectivity index (χ4n) is 2.35. The van der Waals surface area contributed by atoms with Crippen LogP contribution in [-0.2, 0) is 4.79 Å². The molecule has 6 heteroatoms. The van der Waals surface area contributed by atoms with E-state index >= 15 is 0 Å². The summed E-state index contributed by atoms with van der Waals surface area (Å²) in [4.78, 5) is 19.9. The van der Waals surface area contributed by atoms with Gasteiger partial charge >= 0.3 is 0 Å². The summed E-state index contributed by atoms with van der Waals surface area (Å²) in [5.41, 5.74) is 6.89. The van der Waals surface area contributed by atoms with E-state index in [1.807, 2.05) is 36.4 Å². The molecule has 1 aliphatic heterocycles. The second-order valence-electron chi connectivity index (χ2n) is 5.09. The maximum Gasteiger partial charge on any atom is 0.231 e. The highest BCUT2D eigenvalue weighted by atomic mass is 32.1. The van der Waals surface area contributed by atoms with Crippen molar-refractivity contribution in [2.24, 2.45) is 10.7 Å². The number of ether oxygens (including phenoxy) is 1. The summed E-state index contributed by atoms with van der Waals surface area (Å²) in [6, 6.07) is 11.8. The number of rotatable bonds is 3. The number of carbonyl (C=O) groups is 1. The maximum absolute atomic E-state index is 11.9. The van der Waals surface area contributed by atoms with Gasteiger partial charge in [-0.1, -0.05) is 12.1 Å². The molecule has 0 aliphatic carbocycles. The predicted octanol–water partition coefficient (Wildman–Crippen LogP) is 2.64. The predicted molar refractivity (Wildman–Crippen MR) is 88.1 cm³/mol. The molecule has 1 atom stereocenters. The van der Waals surface area contributed by atoms with Crippen molar-refractivity contribution in [3.8, 4) is 16.2 Å². The Morgan fingerprint density at radius 2 is 2.18 bits per heavy atom. The molecule has 0 spiro atoms. The lowest BCUT2D eigenvalue weighted by Crippen LogP contribution is -2.42. The minimum atomic E-state index is -0.187. The van der Waals surface area contributed by atoms with Crippen LogP contribution in [0.25, 0.3) is 10.4 Å². The van der Waals surface area contributed by atoms with Gasteiger partial charge in [-0.05, 0) is 29.8 Å². The summed E-state index contributed by atoms with van der Waals surface area (Å²) in [7, 11) is 3.30. The standard InChI is InChI=1S/C16H17N3O2S/c1-19-15(20)9-12(18-16(19)17)14-7-6-13(22-14)10-4-3-5-11(8-10)21-2/h3-8,12H,9H2,1-2H3,(H2,17,18)/t12-/m0/s1. The summed E-state index contributed by atoms with van der Waals surface area (Å²) in [5.74, 6) is 1.09. The minimum Gasteiger partial charge on any atom is -0.497 e. The lowest BCUT2D eigenvalue weighted by Gasteiger charge is -2.24. The van der Waals surface area contributed by atoms with E-state index in [1.54, 1.807) is 25.5 Å². The van der Waals surface area contributed by atoms with E-state index in [-0.39, 0.29) is 17.9 Å². The first-order valence-electron chi connectivity index (χ1n) is 6.92. The third-order valence-electron chi connectivity index (χ3n) is 3.68. The largest absolute Gasteiger partial charge is 0.497 e. The van der Waals surface area contributed by atoms with Crippen LogP contribution < -0.4 is 10.5 Å². The Bertz CT molecular complexity index is 738. The molecule has 0 fully saturated rings. The quantitative estimate of drug-likeness (QED) is 0.947. The van der Waals surface area contributed by atoms with Crippen LogP contribution >= 0.6 is 11.3 Å². The number of nitrogens with zero attached hydrogens (tertiary/aromatic N) is 2. The Morgan fingerprint density at radius 1 is 1.36 bits per heavy atom. The summed E-state index contributed by atoms with van der Waals surface area (Å²) in [6.45, 7) is 0. The van der Waals surface area contributed by atoms with Gasteiger partial charge in [0.25, 0.3) is 0 Å². The van der Waals surface area contributed by atoms with Crippen molar-refractivity contribution in [2.45, 2.75) is 12.5 Å². The number of hydrogen-bond acceptors (Lipinski definition) is 5. The third-order valence-corrected chi connectivity index (χ3v) is 4.92. The van der Waals surface area contributed by atoms with E-state index in [9.17, 15) is 4.79 Å². The van der Waals surface area contributed by atoms with Gasteiger partial charge in [0.2, 0.25) is 5.91 Å². The molecule has 5 nitrogen and oxygen atoms in total. The Morgan fingerprint density at radius 3 is 2.91 bits per heavy atom. The molecule has 0 saturated carbocycles. The summed E-state index contributed by atoms with van der Waals surface area (Å²) >= 11 is 1.63. The highest BCUT2D eigenvalue weighted by molar-refractivity contribution is 7.15. The average molecular weight is 315 g/mol. The third kappa shape index (κ3) is 2.69. The van der Waals surface area contributed by atoms with Gasteiger partial charge < -0.3 is 10.5 Å². The average Bonchev–Trinajstić information content (AvgIpc) is 3.02. The number of methoxy groups -OCH3 is 1. The molecule has 1 aromatic carbocycles. The van der Waals surface area contributed by atoms with Crippen LogP contribution in [0.15, 0.2) is 41.4 Å². The molecule has 22 heavy (non-hydrogen) atoms. The first-order chi connectivity index (χ1) is 10.6. The number of aliphatic imine (C=N–C) groups is 1. The number of guanidine groups is 1. The van der Waals surface area contributed by atoms with Crippen LogP contribution in [-0.4, -0.2) is 30.9 Å². The molecule has 0 radical (unpaired) electrons. The minimum absolute atomic E-state index is 0.00571. The number of amides is 1. The van der Waals surface area contributed by atoms with Gasteiger partial charge in [0, 0.05) is 16.8 Å². The molecule has 3 rings (SSSR count). The molecule has 0 unspecified atom stereocenters. The Labute approximate surface area is 133 Å². The van der Waals surface area contributed by atoms with Crippen LogP contribution in [0.3, 0.4) is 0 Å². The van der Waals surface area contributed by atoms with Crippen molar-refractivity contribution in [1.29, 1.82) is 0 Å². The number of thiophene rings is 1. The van der Waals surface area contributed by atoms with E-state index in [1.165, 1.54) is 4.90 Å². The monoisotopic (exact) mass is 315 g/mol. The van der Waals surface area contributed by atoms with E-state index in [2.05, 4.69) is 4.99 Å². The van der Waals surface area contributed by atoms with Gasteiger partial charge in [0.15, 0.2) is 5.96 Å². The van der Waals surface area contributed by atoms with Crippen molar-refractivity contribution >= 4 is 23.2 Å². The lowest BCUT2D eigenvalue weighted by atomic mass is 10.1. The SMILES string of the molecule is COc1cccc(-c2ccc([C@@H]3CC(=O)N(C)C(N)=N3)s2)c1. The highest BCUT2D eigenvalue weighted by Gasteiger charge is 2.26. The molecule has 0 saturated heterocycles. The van der Waals surface area contributed by atoms with Gasteiger partial charge in [-0.15, -0.1) is 11.3 Å². The summed E-state index contributed by atoms with van der Waals surface area (Å²) in [5, 5.41) is 0. The van der Waals surface area contributed by atoms with Crippen molar-refractivity contribution in [2.75, 3.05) is 14.2 Å². The first-order valence-corrected chi connectivity index (χ1v) is 7.74. The molecule has 1 aliphatic rings. The van der Waals surface area contributed by atoms with Gasteiger partial charge in [-0.2, -0.15) is 0 Å². The smallest absolute Gasteiger partial charge is 0.231 e. The molecule has 2 heterocycles. The second-order valence-corrected chi connectivity index (χ2v) is 6.21. The van der Waals surface area contributed by atoms with Crippen molar-refractivity contribution in [3.05, 3.63) is 41.3 Å². The second kappa shape index (κ2) is 5.81. The molecule has 2 N–H and O–H groups in total. The van der Waals surface area contributed by atoms with E-state index in [0.29, 0.717) is 6.42 Å². The summed E-state index contributed by atoms with van der Waals surface area (Å²) in [6.07, 6.45) is 0.356. The van der Waals surface area contributed by atoms with Crippen LogP contribution in [0.2, 0.25) is 0 Å². The number of hydrogen-bond donors (Lipinski definition) is 1. The lowest BCUT2D eigenvalue weighted by molar-refractivity contribution is -0.127. The first kappa shape index (κ1) is 14.6. The van der Waals surface area contributed by atoms with Crippen LogP contribution in [0.5, 0.6) is 5.75 Å². The number of carbonyl (C=O) groups excluding carboxylic acids is 1. The zero-order valence-electron chi connectivity index (χ0n) is 12.4. The molecule has 0 bridgehead atoms. The van der Waals surface area contributed by atoms with Crippen molar-refractivity contribution < 1.29 is 9.53 Å². The molecule has 1 aromatic heterocycles. The Hall–Kier alpha value is -2.34. The molecule has 1 amide bonds. The summed E-state index contributed by atoms with van der Waals surface area (Å²) < 4.78 is 5.26. The van der Waals surface area contributed by atoms with Crippen LogP contribution in [0.1, 0.15) is 17.3 Å². The van der Waals surface area contributed by atoms with E-state index < -0.39 is 0 Å². The van der Waals surface area contributed by atoms with Crippen LogP contribution in [0, 0.1) is 0 Å². The zero-order chi connectivity index (χ0) is 15.7. The molecular weight excluding hydrogens is 298 g/mol. The zero-order valence-corrected chi connectivity index (χ0v) is 13.3. The fraction of sp³-hybridized carbons (Fsp3) is 0.250. The number of nitrogens with two attached hydrogens (primary N) is 1. The molecular formula is C16H17N3O2S. The fourth-order valence-corrected chi connectivity index (χ4v) is 3.39. The van der Waals surface area contributed by atoms with Gasteiger partial charge in [-0.25, -0.2) is 4.99 Å². The van der Waals surface area contributed by atoms with Crippen molar-refractivity contribution in [3.63, 3.8) is 0 Å². The number of benzene rings is 1. The molecule has 2 aromatic rings. The van der Waals surface area contributed by atoms with Gasteiger partial charge in [0.1, 0.15) is 5.75 Å². The van der Waals surface area contributed by atoms with Crippen molar-refractivity contribution in [1.82, 2.24) is 4.90 Å². The molecule has 114 valence electrons. The Balaban J connectivity index is 1.89. The van der Waals surface area contributed by atoms with E-state index in [0.717, 1.165) is 21.1 Å². The maximum atomic E-state index is 11.9. The van der Waals surface area contributed by atoms with E-state index in [4.69, 9.17) is 10.5 Å². The topological polar surface area (TPSA) is 67.9 Å².